The maximum Gasteiger partial charge on any atom is 0.106 e. The molecule has 0 spiro atoms. The quantitative estimate of drug-likeness (QED) is 0.773. The van der Waals surface area contributed by atoms with E-state index in [1.807, 2.05) is 6.20 Å². The number of aromatic nitrogens is 2. The Labute approximate surface area is 86.3 Å². The van der Waals surface area contributed by atoms with Gasteiger partial charge in [-0.05, 0) is 27.2 Å². The highest BCUT2D eigenvalue weighted by atomic mass is 15.0. The lowest BCUT2D eigenvalue weighted by Crippen LogP contribution is -2.35. The Kier molecular flexibility index (Phi) is 3.69. The van der Waals surface area contributed by atoms with Crippen molar-refractivity contribution in [2.45, 2.75) is 52.6 Å². The van der Waals surface area contributed by atoms with E-state index in [0.29, 0.717) is 0 Å². The van der Waals surface area contributed by atoms with Crippen LogP contribution in [0.15, 0.2) is 6.20 Å². The zero-order valence-electron chi connectivity index (χ0n) is 9.65. The predicted molar refractivity (Wildman–Crippen MR) is 59.2 cm³/mol. The molecule has 14 heavy (non-hydrogen) atoms. The molecule has 0 atom stereocenters. The van der Waals surface area contributed by atoms with Crippen molar-refractivity contribution in [3.8, 4) is 0 Å². The molecule has 1 aromatic heterocycles. The van der Waals surface area contributed by atoms with Crippen molar-refractivity contribution < 1.29 is 0 Å². The summed E-state index contributed by atoms with van der Waals surface area (Å²) in [6.07, 6.45) is 4.10. The van der Waals surface area contributed by atoms with Crippen LogP contribution in [0.2, 0.25) is 0 Å². The van der Waals surface area contributed by atoms with Crippen molar-refractivity contribution >= 4 is 0 Å². The molecule has 0 saturated carbocycles. The Morgan fingerprint density at radius 2 is 2.14 bits per heavy atom. The van der Waals surface area contributed by atoms with E-state index in [1.54, 1.807) is 0 Å². The van der Waals surface area contributed by atoms with E-state index in [2.05, 4.69) is 43.0 Å². The summed E-state index contributed by atoms with van der Waals surface area (Å²) in [6, 6.07) is 0. The van der Waals surface area contributed by atoms with Gasteiger partial charge in [-0.15, -0.1) is 0 Å². The van der Waals surface area contributed by atoms with Gasteiger partial charge in [0.25, 0.3) is 0 Å². The first-order chi connectivity index (χ1) is 6.51. The maximum absolute atomic E-state index is 4.31. The fraction of sp³-hybridized carbons (Fsp3) is 0.727. The third-order valence-corrected chi connectivity index (χ3v) is 1.98. The minimum Gasteiger partial charge on any atom is -0.345 e. The zero-order chi connectivity index (χ0) is 10.6. The van der Waals surface area contributed by atoms with Crippen LogP contribution in [0.3, 0.4) is 0 Å². The van der Waals surface area contributed by atoms with Crippen molar-refractivity contribution in [3.63, 3.8) is 0 Å². The lowest BCUT2D eigenvalue weighted by atomic mass is 10.1. The molecule has 0 amide bonds. The van der Waals surface area contributed by atoms with E-state index in [4.69, 9.17) is 0 Å². The summed E-state index contributed by atoms with van der Waals surface area (Å²) in [6.45, 7) is 9.51. The van der Waals surface area contributed by atoms with Crippen molar-refractivity contribution in [1.29, 1.82) is 0 Å². The molecule has 0 radical (unpaired) electrons. The average molecular weight is 195 g/mol. The molecule has 0 aliphatic heterocycles. The number of hydrogen-bond donors (Lipinski definition) is 2. The molecule has 0 bridgehead atoms. The first kappa shape index (κ1) is 11.2. The van der Waals surface area contributed by atoms with E-state index < -0.39 is 0 Å². The minimum absolute atomic E-state index is 0.163. The first-order valence-electron chi connectivity index (χ1n) is 5.29. The molecular weight excluding hydrogens is 174 g/mol. The normalized spacial score (nSPS) is 12.0. The van der Waals surface area contributed by atoms with E-state index in [1.165, 1.54) is 5.69 Å². The third-order valence-electron chi connectivity index (χ3n) is 1.98. The highest BCUT2D eigenvalue weighted by Gasteiger charge is 2.09. The lowest BCUT2D eigenvalue weighted by molar-refractivity contribution is 0.421. The van der Waals surface area contributed by atoms with Gasteiger partial charge >= 0.3 is 0 Å². The minimum atomic E-state index is 0.163. The van der Waals surface area contributed by atoms with Gasteiger partial charge < -0.3 is 10.3 Å². The topological polar surface area (TPSA) is 40.7 Å². The van der Waals surface area contributed by atoms with Gasteiger partial charge in [-0.2, -0.15) is 0 Å². The second-order valence-corrected chi connectivity index (χ2v) is 4.71. The van der Waals surface area contributed by atoms with E-state index in [0.717, 1.165) is 25.2 Å². The number of nitrogens with zero attached hydrogens (tertiary/aromatic N) is 1. The molecule has 3 nitrogen and oxygen atoms in total. The molecular formula is C11H21N3. The first-order valence-corrected chi connectivity index (χ1v) is 5.29. The van der Waals surface area contributed by atoms with Gasteiger partial charge in [-0.1, -0.05) is 6.92 Å². The van der Waals surface area contributed by atoms with Gasteiger partial charge in [0.1, 0.15) is 5.82 Å². The van der Waals surface area contributed by atoms with Crippen molar-refractivity contribution in [2.24, 2.45) is 0 Å². The maximum atomic E-state index is 4.31. The molecule has 0 aliphatic carbocycles. The predicted octanol–water partition coefficient (Wildman–Crippen LogP) is 2.25. The standard InChI is InChI=1S/C11H21N3/c1-5-6-10-12-7-9(14-10)8-13-11(2,3)4/h7,13H,5-6,8H2,1-4H3,(H,12,14). The number of aryl methyl sites for hydroxylation is 1. The number of aromatic amines is 1. The Morgan fingerprint density at radius 3 is 2.71 bits per heavy atom. The van der Waals surface area contributed by atoms with Crippen LogP contribution in [0.5, 0.6) is 0 Å². The molecule has 3 heteroatoms. The van der Waals surface area contributed by atoms with E-state index >= 15 is 0 Å². The van der Waals surface area contributed by atoms with Gasteiger partial charge in [-0.25, -0.2) is 4.98 Å². The summed E-state index contributed by atoms with van der Waals surface area (Å²) in [5, 5.41) is 3.42. The molecule has 0 saturated heterocycles. The summed E-state index contributed by atoms with van der Waals surface area (Å²) in [4.78, 5) is 7.62. The molecule has 80 valence electrons. The Morgan fingerprint density at radius 1 is 1.43 bits per heavy atom. The van der Waals surface area contributed by atoms with Crippen molar-refractivity contribution in [1.82, 2.24) is 15.3 Å². The highest BCUT2D eigenvalue weighted by Crippen LogP contribution is 2.03. The van der Waals surface area contributed by atoms with Crippen LogP contribution >= 0.6 is 0 Å². The molecule has 1 rings (SSSR count). The number of hydrogen-bond acceptors (Lipinski definition) is 2. The Bertz CT molecular complexity index is 270. The Hall–Kier alpha value is -0.830. The van der Waals surface area contributed by atoms with Crippen LogP contribution in [0, 0.1) is 0 Å². The number of rotatable bonds is 4. The monoisotopic (exact) mass is 195 g/mol. The van der Waals surface area contributed by atoms with Gasteiger partial charge in [0.2, 0.25) is 0 Å². The van der Waals surface area contributed by atoms with E-state index in [9.17, 15) is 0 Å². The second kappa shape index (κ2) is 4.60. The number of imidazole rings is 1. The fourth-order valence-corrected chi connectivity index (χ4v) is 1.22. The van der Waals surface area contributed by atoms with Crippen LogP contribution in [0.1, 0.15) is 45.6 Å². The van der Waals surface area contributed by atoms with Crippen LogP contribution in [-0.4, -0.2) is 15.5 Å². The van der Waals surface area contributed by atoms with Crippen LogP contribution in [0.25, 0.3) is 0 Å². The SMILES string of the molecule is CCCc1ncc(CNC(C)(C)C)[nH]1. The average Bonchev–Trinajstić information content (AvgIpc) is 2.49. The second-order valence-electron chi connectivity index (χ2n) is 4.71. The highest BCUT2D eigenvalue weighted by molar-refractivity contribution is 5.01. The summed E-state index contributed by atoms with van der Waals surface area (Å²) in [5.41, 5.74) is 1.33. The molecule has 0 fully saturated rings. The van der Waals surface area contributed by atoms with Crippen molar-refractivity contribution in [2.75, 3.05) is 0 Å². The zero-order valence-corrected chi connectivity index (χ0v) is 9.65. The lowest BCUT2D eigenvalue weighted by Gasteiger charge is -2.19. The van der Waals surface area contributed by atoms with Crippen LogP contribution in [-0.2, 0) is 13.0 Å². The molecule has 1 heterocycles. The largest absolute Gasteiger partial charge is 0.345 e. The van der Waals surface area contributed by atoms with Gasteiger partial charge in [-0.3, -0.25) is 0 Å². The van der Waals surface area contributed by atoms with E-state index in [-0.39, 0.29) is 5.54 Å². The number of nitrogens with one attached hydrogen (secondary N) is 2. The molecule has 0 unspecified atom stereocenters. The fourth-order valence-electron chi connectivity index (χ4n) is 1.22. The summed E-state index contributed by atoms with van der Waals surface area (Å²) in [5.74, 6) is 1.10. The Balaban J connectivity index is 2.44. The number of H-pyrrole nitrogens is 1. The van der Waals surface area contributed by atoms with Crippen LogP contribution < -0.4 is 5.32 Å². The van der Waals surface area contributed by atoms with Crippen LogP contribution in [0.4, 0.5) is 0 Å². The third kappa shape index (κ3) is 3.92. The van der Waals surface area contributed by atoms with Gasteiger partial charge in [0, 0.05) is 30.4 Å². The summed E-state index contributed by atoms with van der Waals surface area (Å²) in [7, 11) is 0. The molecule has 0 aromatic carbocycles. The summed E-state index contributed by atoms with van der Waals surface area (Å²) < 4.78 is 0. The summed E-state index contributed by atoms with van der Waals surface area (Å²) >= 11 is 0. The van der Waals surface area contributed by atoms with Crippen molar-refractivity contribution in [3.05, 3.63) is 17.7 Å². The molecule has 0 aliphatic rings. The molecule has 2 N–H and O–H groups in total. The van der Waals surface area contributed by atoms with Gasteiger partial charge in [0.05, 0.1) is 0 Å². The van der Waals surface area contributed by atoms with Gasteiger partial charge in [0.15, 0.2) is 0 Å². The smallest absolute Gasteiger partial charge is 0.106 e. The molecule has 1 aromatic rings.